The second-order valence-electron chi connectivity index (χ2n) is 4.89. The summed E-state index contributed by atoms with van der Waals surface area (Å²) in [5.41, 5.74) is 1.78. The topological polar surface area (TPSA) is 60.5 Å². The average molecular weight is 350 g/mol. The predicted octanol–water partition coefficient (Wildman–Crippen LogP) is 3.66. The maximum absolute atomic E-state index is 11.8. The van der Waals surface area contributed by atoms with Gasteiger partial charge in [0, 0.05) is 23.1 Å². The molecule has 2 aromatic rings. The van der Waals surface area contributed by atoms with Crippen molar-refractivity contribution in [3.63, 3.8) is 0 Å². The first-order chi connectivity index (χ1) is 11.3. The molecule has 0 radical (unpaired) electrons. The second-order valence-corrected chi connectivity index (χ2v) is 7.14. The molecule has 1 aromatic heterocycles. The number of carbonyl (C=O) groups excluding carboxylic acids is 1. The summed E-state index contributed by atoms with van der Waals surface area (Å²) in [6.45, 7) is 3.23. The molecule has 2 heterocycles. The van der Waals surface area contributed by atoms with Gasteiger partial charge in [0.2, 0.25) is 5.91 Å². The van der Waals surface area contributed by atoms with E-state index in [-0.39, 0.29) is 5.91 Å². The van der Waals surface area contributed by atoms with Crippen molar-refractivity contribution in [2.75, 3.05) is 30.0 Å². The highest BCUT2D eigenvalue weighted by Crippen LogP contribution is 2.35. The van der Waals surface area contributed by atoms with Gasteiger partial charge in [0.1, 0.15) is 13.2 Å². The molecule has 0 bridgehead atoms. The molecule has 0 unspecified atom stereocenters. The van der Waals surface area contributed by atoms with E-state index in [0.29, 0.717) is 24.8 Å². The summed E-state index contributed by atoms with van der Waals surface area (Å²) >= 11 is 3.19. The van der Waals surface area contributed by atoms with Crippen LogP contribution in [-0.4, -0.2) is 35.6 Å². The Morgan fingerprint density at radius 1 is 1.35 bits per heavy atom. The largest absolute Gasteiger partial charge is 0.486 e. The Labute approximate surface area is 143 Å². The van der Waals surface area contributed by atoms with Gasteiger partial charge < -0.3 is 14.8 Å². The first kappa shape index (κ1) is 16.1. The Kier molecular flexibility index (Phi) is 5.40. The number of amides is 1. The van der Waals surface area contributed by atoms with E-state index >= 15 is 0 Å². The van der Waals surface area contributed by atoms with E-state index in [9.17, 15) is 4.79 Å². The SMILES string of the molecule is CCSCCC(=O)Nc1nc(-c2ccc3c(c2)OCCO3)cs1. The monoisotopic (exact) mass is 350 g/mol. The maximum atomic E-state index is 11.8. The number of hydrogen-bond donors (Lipinski definition) is 1. The fourth-order valence-corrected chi connectivity index (χ4v) is 3.51. The second kappa shape index (κ2) is 7.70. The maximum Gasteiger partial charge on any atom is 0.226 e. The van der Waals surface area contributed by atoms with Crippen LogP contribution in [0.3, 0.4) is 0 Å². The minimum atomic E-state index is 0.00836. The van der Waals surface area contributed by atoms with Crippen molar-refractivity contribution in [3.05, 3.63) is 23.6 Å². The smallest absolute Gasteiger partial charge is 0.226 e. The van der Waals surface area contributed by atoms with Gasteiger partial charge in [-0.15, -0.1) is 11.3 Å². The van der Waals surface area contributed by atoms with Gasteiger partial charge >= 0.3 is 0 Å². The zero-order valence-electron chi connectivity index (χ0n) is 12.8. The number of fused-ring (bicyclic) bond motifs is 1. The van der Waals surface area contributed by atoms with Crippen molar-refractivity contribution in [3.8, 4) is 22.8 Å². The molecule has 0 aliphatic carbocycles. The predicted molar refractivity (Wildman–Crippen MR) is 94.8 cm³/mol. The van der Waals surface area contributed by atoms with E-state index < -0.39 is 0 Å². The Balaban J connectivity index is 1.66. The Hall–Kier alpha value is -1.73. The first-order valence-electron chi connectivity index (χ1n) is 7.49. The minimum absolute atomic E-state index is 0.00836. The molecular formula is C16H18N2O3S2. The van der Waals surface area contributed by atoms with Crippen LogP contribution < -0.4 is 14.8 Å². The fraction of sp³-hybridized carbons (Fsp3) is 0.375. The van der Waals surface area contributed by atoms with E-state index in [1.165, 1.54) is 11.3 Å². The van der Waals surface area contributed by atoms with Crippen LogP contribution in [-0.2, 0) is 4.79 Å². The highest BCUT2D eigenvalue weighted by Gasteiger charge is 2.14. The molecule has 7 heteroatoms. The van der Waals surface area contributed by atoms with Crippen LogP contribution in [0.2, 0.25) is 0 Å². The number of rotatable bonds is 6. The third-order valence-electron chi connectivity index (χ3n) is 3.27. The van der Waals surface area contributed by atoms with Crippen molar-refractivity contribution in [2.24, 2.45) is 0 Å². The van der Waals surface area contributed by atoms with Gasteiger partial charge in [-0.05, 0) is 24.0 Å². The summed E-state index contributed by atoms with van der Waals surface area (Å²) in [6, 6.07) is 5.77. The molecule has 0 spiro atoms. The number of hydrogen-bond acceptors (Lipinski definition) is 6. The molecule has 1 aliphatic rings. The Bertz CT molecular complexity index is 688. The molecule has 0 saturated carbocycles. The summed E-state index contributed by atoms with van der Waals surface area (Å²) in [4.78, 5) is 16.3. The minimum Gasteiger partial charge on any atom is -0.486 e. The van der Waals surface area contributed by atoms with Gasteiger partial charge in [-0.25, -0.2) is 4.98 Å². The van der Waals surface area contributed by atoms with E-state index in [1.807, 2.05) is 23.6 Å². The molecule has 122 valence electrons. The quantitative estimate of drug-likeness (QED) is 0.806. The molecule has 1 N–H and O–H groups in total. The normalized spacial score (nSPS) is 12.9. The first-order valence-corrected chi connectivity index (χ1v) is 9.53. The third kappa shape index (κ3) is 4.17. The summed E-state index contributed by atoms with van der Waals surface area (Å²) < 4.78 is 11.1. The van der Waals surface area contributed by atoms with Gasteiger partial charge in [-0.1, -0.05) is 6.92 Å². The number of nitrogens with one attached hydrogen (secondary N) is 1. The lowest BCUT2D eigenvalue weighted by atomic mass is 10.1. The van der Waals surface area contributed by atoms with Crippen LogP contribution in [0.5, 0.6) is 11.5 Å². The molecule has 1 aliphatic heterocycles. The molecule has 1 amide bonds. The van der Waals surface area contributed by atoms with E-state index in [0.717, 1.165) is 34.3 Å². The fourth-order valence-electron chi connectivity index (χ4n) is 2.16. The van der Waals surface area contributed by atoms with Gasteiger partial charge in [-0.2, -0.15) is 11.8 Å². The van der Waals surface area contributed by atoms with Crippen molar-refractivity contribution in [1.82, 2.24) is 4.98 Å². The Morgan fingerprint density at radius 2 is 2.17 bits per heavy atom. The number of nitrogens with zero attached hydrogens (tertiary/aromatic N) is 1. The standard InChI is InChI=1S/C16H18N2O3S2/c1-2-22-8-5-15(19)18-16-17-12(10-23-16)11-3-4-13-14(9-11)21-7-6-20-13/h3-4,9-10H,2,5-8H2,1H3,(H,17,18,19). The molecule has 3 rings (SSSR count). The zero-order chi connectivity index (χ0) is 16.1. The Morgan fingerprint density at radius 3 is 3.00 bits per heavy atom. The highest BCUT2D eigenvalue weighted by molar-refractivity contribution is 7.99. The van der Waals surface area contributed by atoms with Crippen LogP contribution in [0, 0.1) is 0 Å². The molecular weight excluding hydrogens is 332 g/mol. The number of ether oxygens (including phenoxy) is 2. The van der Waals surface area contributed by atoms with E-state index in [1.54, 1.807) is 11.8 Å². The lowest BCUT2D eigenvalue weighted by molar-refractivity contribution is -0.115. The zero-order valence-corrected chi connectivity index (χ0v) is 14.5. The van der Waals surface area contributed by atoms with Gasteiger partial charge in [-0.3, -0.25) is 4.79 Å². The molecule has 0 fully saturated rings. The van der Waals surface area contributed by atoms with Crippen molar-refractivity contribution < 1.29 is 14.3 Å². The molecule has 23 heavy (non-hydrogen) atoms. The van der Waals surface area contributed by atoms with Crippen LogP contribution in [0.4, 0.5) is 5.13 Å². The number of anilines is 1. The van der Waals surface area contributed by atoms with E-state index in [4.69, 9.17) is 9.47 Å². The highest BCUT2D eigenvalue weighted by atomic mass is 32.2. The lowest BCUT2D eigenvalue weighted by Crippen LogP contribution is -2.15. The number of thioether (sulfide) groups is 1. The third-order valence-corrected chi connectivity index (χ3v) is 4.92. The summed E-state index contributed by atoms with van der Waals surface area (Å²) in [7, 11) is 0. The number of carbonyl (C=O) groups is 1. The van der Waals surface area contributed by atoms with Gasteiger partial charge in [0.05, 0.1) is 5.69 Å². The van der Waals surface area contributed by atoms with Crippen molar-refractivity contribution in [2.45, 2.75) is 13.3 Å². The number of benzene rings is 1. The summed E-state index contributed by atoms with van der Waals surface area (Å²) in [6.07, 6.45) is 0.511. The average Bonchev–Trinajstić information content (AvgIpc) is 3.03. The van der Waals surface area contributed by atoms with Crippen LogP contribution in [0.1, 0.15) is 13.3 Å². The number of aromatic nitrogens is 1. The number of thiazole rings is 1. The van der Waals surface area contributed by atoms with Gasteiger partial charge in [0.25, 0.3) is 0 Å². The van der Waals surface area contributed by atoms with Crippen molar-refractivity contribution in [1.29, 1.82) is 0 Å². The molecule has 1 aromatic carbocycles. The molecule has 5 nitrogen and oxygen atoms in total. The van der Waals surface area contributed by atoms with Crippen LogP contribution in [0.15, 0.2) is 23.6 Å². The van der Waals surface area contributed by atoms with Crippen LogP contribution >= 0.6 is 23.1 Å². The summed E-state index contributed by atoms with van der Waals surface area (Å²) in [5, 5.41) is 5.41. The molecule has 0 atom stereocenters. The van der Waals surface area contributed by atoms with Gasteiger partial charge in [0.15, 0.2) is 16.6 Å². The van der Waals surface area contributed by atoms with Crippen LogP contribution in [0.25, 0.3) is 11.3 Å². The molecule has 0 saturated heterocycles. The van der Waals surface area contributed by atoms with Crippen molar-refractivity contribution >= 4 is 34.1 Å². The summed E-state index contributed by atoms with van der Waals surface area (Å²) in [5.74, 6) is 3.37. The van der Waals surface area contributed by atoms with E-state index in [2.05, 4.69) is 17.2 Å². The lowest BCUT2D eigenvalue weighted by Gasteiger charge is -2.18.